The Morgan fingerprint density at radius 3 is 2.33 bits per heavy atom. The quantitative estimate of drug-likeness (QED) is 0.725. The Hall–Kier alpha value is -0.500. The van der Waals surface area contributed by atoms with E-state index < -0.39 is 0 Å². The van der Waals surface area contributed by atoms with E-state index in [1.165, 1.54) is 54.5 Å². The van der Waals surface area contributed by atoms with Crippen molar-refractivity contribution in [1.82, 2.24) is 0 Å². The van der Waals surface area contributed by atoms with E-state index in [1.807, 2.05) is 0 Å². The van der Waals surface area contributed by atoms with Crippen LogP contribution in [0.15, 0.2) is 22.7 Å². The summed E-state index contributed by atoms with van der Waals surface area (Å²) in [6, 6.07) is 6.60. The summed E-state index contributed by atoms with van der Waals surface area (Å²) >= 11 is 3.58. The van der Waals surface area contributed by atoms with Gasteiger partial charge in [-0.25, -0.2) is 0 Å². The van der Waals surface area contributed by atoms with Crippen molar-refractivity contribution < 1.29 is 0 Å². The first-order valence-electron chi connectivity index (χ1n) is 7.11. The maximum absolute atomic E-state index is 3.58. The van der Waals surface area contributed by atoms with Crippen LogP contribution in [0.1, 0.15) is 45.1 Å². The zero-order valence-corrected chi connectivity index (χ0v) is 13.4. The van der Waals surface area contributed by atoms with Crippen molar-refractivity contribution in [1.29, 1.82) is 0 Å². The lowest BCUT2D eigenvalue weighted by Gasteiger charge is -2.52. The number of halogens is 1. The number of nitrogens with zero attached hydrogens (tertiary/aromatic N) is 1. The lowest BCUT2D eigenvalue weighted by molar-refractivity contribution is 0.173. The van der Waals surface area contributed by atoms with Crippen LogP contribution in [0.5, 0.6) is 0 Å². The van der Waals surface area contributed by atoms with E-state index in [9.17, 15) is 0 Å². The molecule has 1 aromatic carbocycles. The molecule has 0 radical (unpaired) electrons. The summed E-state index contributed by atoms with van der Waals surface area (Å²) < 4.78 is 1.19. The van der Waals surface area contributed by atoms with E-state index in [2.05, 4.69) is 59.8 Å². The molecule has 100 valence electrons. The molecule has 0 N–H and O–H groups in total. The molecule has 0 saturated carbocycles. The minimum absolute atomic E-state index is 0.595. The fourth-order valence-corrected chi connectivity index (χ4v) is 3.71. The van der Waals surface area contributed by atoms with Crippen molar-refractivity contribution in [2.24, 2.45) is 5.41 Å². The second-order valence-corrected chi connectivity index (χ2v) is 6.70. The predicted octanol–water partition coefficient (Wildman–Crippen LogP) is 5.16. The number of anilines is 1. The Labute approximate surface area is 120 Å². The predicted molar refractivity (Wildman–Crippen MR) is 83.3 cm³/mol. The molecule has 2 rings (SSSR count). The van der Waals surface area contributed by atoms with Crippen LogP contribution in [0, 0.1) is 12.3 Å². The van der Waals surface area contributed by atoms with Crippen molar-refractivity contribution in [3.8, 4) is 0 Å². The summed E-state index contributed by atoms with van der Waals surface area (Å²) in [6.45, 7) is 9.31. The number of rotatable bonds is 5. The molecule has 0 aromatic heterocycles. The highest BCUT2D eigenvalue weighted by molar-refractivity contribution is 9.10. The minimum Gasteiger partial charge on any atom is -0.370 e. The number of hydrogen-bond acceptors (Lipinski definition) is 1. The molecule has 2 heteroatoms. The summed E-state index contributed by atoms with van der Waals surface area (Å²) in [5, 5.41) is 0. The van der Waals surface area contributed by atoms with Gasteiger partial charge in [-0.1, -0.05) is 48.7 Å². The molecule has 1 aliphatic rings. The second kappa shape index (κ2) is 5.64. The van der Waals surface area contributed by atoms with Gasteiger partial charge in [0.05, 0.1) is 0 Å². The van der Waals surface area contributed by atoms with E-state index in [-0.39, 0.29) is 0 Å². The molecule has 0 spiro atoms. The van der Waals surface area contributed by atoms with Crippen LogP contribution in [-0.4, -0.2) is 13.1 Å². The molecule has 0 atom stereocenters. The molecule has 1 aromatic rings. The van der Waals surface area contributed by atoms with E-state index in [0.717, 1.165) is 0 Å². The zero-order valence-electron chi connectivity index (χ0n) is 11.8. The van der Waals surface area contributed by atoms with Gasteiger partial charge in [0.2, 0.25) is 0 Å². The van der Waals surface area contributed by atoms with Gasteiger partial charge in [-0.05, 0) is 37.5 Å². The van der Waals surface area contributed by atoms with Crippen molar-refractivity contribution in [2.45, 2.75) is 46.5 Å². The number of benzene rings is 1. The summed E-state index contributed by atoms with van der Waals surface area (Å²) in [5.74, 6) is 0. The van der Waals surface area contributed by atoms with Crippen molar-refractivity contribution >= 4 is 21.6 Å². The largest absolute Gasteiger partial charge is 0.370 e. The van der Waals surface area contributed by atoms with Gasteiger partial charge in [-0.15, -0.1) is 0 Å². The minimum atomic E-state index is 0.595. The standard InChI is InChI=1S/C16H24BrN/c1-4-8-16(9-5-2)11-18(12-16)15-10-14(17)7-6-13(15)3/h6-7,10H,4-5,8-9,11-12H2,1-3H3. The van der Waals surface area contributed by atoms with Gasteiger partial charge >= 0.3 is 0 Å². The fraction of sp³-hybridized carbons (Fsp3) is 0.625. The van der Waals surface area contributed by atoms with Crippen molar-refractivity contribution in [3.63, 3.8) is 0 Å². The van der Waals surface area contributed by atoms with Gasteiger partial charge in [0, 0.05) is 28.7 Å². The van der Waals surface area contributed by atoms with E-state index >= 15 is 0 Å². The molecule has 18 heavy (non-hydrogen) atoms. The van der Waals surface area contributed by atoms with Crippen LogP contribution >= 0.6 is 15.9 Å². The van der Waals surface area contributed by atoms with E-state index in [0.29, 0.717) is 5.41 Å². The maximum Gasteiger partial charge on any atom is 0.0407 e. The lowest BCUT2D eigenvalue weighted by Crippen LogP contribution is -2.56. The Morgan fingerprint density at radius 1 is 1.17 bits per heavy atom. The third-order valence-electron chi connectivity index (χ3n) is 4.13. The SMILES string of the molecule is CCCC1(CCC)CN(c2cc(Br)ccc2C)C1. The smallest absolute Gasteiger partial charge is 0.0407 e. The fourth-order valence-electron chi connectivity index (χ4n) is 3.36. The highest BCUT2D eigenvalue weighted by Crippen LogP contribution is 2.43. The molecule has 0 aliphatic carbocycles. The Kier molecular flexibility index (Phi) is 4.37. The first kappa shape index (κ1) is 13.9. The second-order valence-electron chi connectivity index (χ2n) is 5.79. The molecule has 1 saturated heterocycles. The van der Waals surface area contributed by atoms with Gasteiger partial charge in [-0.3, -0.25) is 0 Å². The summed E-state index contributed by atoms with van der Waals surface area (Å²) in [6.07, 6.45) is 5.38. The Bertz CT molecular complexity index is 400. The van der Waals surface area contributed by atoms with Crippen LogP contribution in [0.2, 0.25) is 0 Å². The van der Waals surface area contributed by atoms with Crippen molar-refractivity contribution in [3.05, 3.63) is 28.2 Å². The highest BCUT2D eigenvalue weighted by atomic mass is 79.9. The summed E-state index contributed by atoms with van der Waals surface area (Å²) in [4.78, 5) is 2.55. The third kappa shape index (κ3) is 2.74. The highest BCUT2D eigenvalue weighted by Gasteiger charge is 2.41. The lowest BCUT2D eigenvalue weighted by atomic mass is 9.72. The zero-order chi connectivity index (χ0) is 13.2. The van der Waals surface area contributed by atoms with Crippen LogP contribution < -0.4 is 4.90 Å². The van der Waals surface area contributed by atoms with Gasteiger partial charge < -0.3 is 4.90 Å². The number of hydrogen-bond donors (Lipinski definition) is 0. The molecular weight excluding hydrogens is 286 g/mol. The average Bonchev–Trinajstić information content (AvgIpc) is 2.29. The van der Waals surface area contributed by atoms with E-state index in [1.54, 1.807) is 0 Å². The topological polar surface area (TPSA) is 3.24 Å². The Balaban J connectivity index is 2.08. The molecular formula is C16H24BrN. The van der Waals surface area contributed by atoms with E-state index in [4.69, 9.17) is 0 Å². The molecule has 1 nitrogen and oxygen atoms in total. The van der Waals surface area contributed by atoms with Crippen LogP contribution in [-0.2, 0) is 0 Å². The van der Waals surface area contributed by atoms with Crippen LogP contribution in [0.3, 0.4) is 0 Å². The first-order valence-corrected chi connectivity index (χ1v) is 7.90. The van der Waals surface area contributed by atoms with Gasteiger partial charge in [0.15, 0.2) is 0 Å². The maximum atomic E-state index is 3.58. The molecule has 1 aliphatic heterocycles. The van der Waals surface area contributed by atoms with Gasteiger partial charge in [-0.2, -0.15) is 0 Å². The summed E-state index contributed by atoms with van der Waals surface area (Å²) in [7, 11) is 0. The molecule has 0 bridgehead atoms. The number of aryl methyl sites for hydroxylation is 1. The van der Waals surface area contributed by atoms with Crippen molar-refractivity contribution in [2.75, 3.05) is 18.0 Å². The van der Waals surface area contributed by atoms with Gasteiger partial charge in [0.1, 0.15) is 0 Å². The van der Waals surface area contributed by atoms with Gasteiger partial charge in [0.25, 0.3) is 0 Å². The molecule has 0 amide bonds. The third-order valence-corrected chi connectivity index (χ3v) is 4.62. The molecule has 1 heterocycles. The summed E-state index contributed by atoms with van der Waals surface area (Å²) in [5.41, 5.74) is 3.39. The normalized spacial score (nSPS) is 17.7. The molecule has 0 unspecified atom stereocenters. The Morgan fingerprint density at radius 2 is 1.78 bits per heavy atom. The first-order chi connectivity index (χ1) is 8.60. The molecule has 1 fully saturated rings. The monoisotopic (exact) mass is 309 g/mol. The van der Waals surface area contributed by atoms with Crippen LogP contribution in [0.25, 0.3) is 0 Å². The van der Waals surface area contributed by atoms with Crippen LogP contribution in [0.4, 0.5) is 5.69 Å². The average molecular weight is 310 g/mol.